The van der Waals surface area contributed by atoms with Gasteiger partial charge < -0.3 is 9.88 Å². The second-order valence-corrected chi connectivity index (χ2v) is 9.86. The van der Waals surface area contributed by atoms with E-state index in [2.05, 4.69) is 21.6 Å². The predicted octanol–water partition coefficient (Wildman–Crippen LogP) is 2.35. The van der Waals surface area contributed by atoms with Gasteiger partial charge in [0.15, 0.2) is 5.16 Å². The minimum absolute atomic E-state index is 0.00763. The van der Waals surface area contributed by atoms with Gasteiger partial charge in [0.05, 0.1) is 10.1 Å². The van der Waals surface area contributed by atoms with Gasteiger partial charge in [-0.05, 0) is 49.1 Å². The van der Waals surface area contributed by atoms with Crippen LogP contribution < -0.4 is 10.5 Å². The van der Waals surface area contributed by atoms with Crippen LogP contribution in [0, 0.1) is 0 Å². The Morgan fingerprint density at radius 2 is 2.07 bits per heavy atom. The van der Waals surface area contributed by atoms with E-state index < -0.39 is 15.3 Å². The van der Waals surface area contributed by atoms with Gasteiger partial charge in [-0.1, -0.05) is 17.8 Å². The molecule has 1 amide bonds. The molecule has 0 bridgehead atoms. The number of aryl methyl sites for hydroxylation is 2. The number of anilines is 1. The molecule has 0 saturated heterocycles. The Morgan fingerprint density at radius 3 is 2.71 bits per heavy atom. The molecular weight excluding hydrogens is 418 g/mol. The van der Waals surface area contributed by atoms with Crippen molar-refractivity contribution in [3.63, 3.8) is 0 Å². The number of sulfonamides is 1. The van der Waals surface area contributed by atoms with Crippen LogP contribution in [-0.4, -0.2) is 34.3 Å². The molecule has 28 heavy (non-hydrogen) atoms. The van der Waals surface area contributed by atoms with Crippen LogP contribution in [0.1, 0.15) is 11.8 Å². The maximum atomic E-state index is 12.4. The molecule has 0 unspecified atom stereocenters. The molecule has 3 N–H and O–H groups in total. The van der Waals surface area contributed by atoms with Crippen molar-refractivity contribution < 1.29 is 13.2 Å². The molecule has 1 atom stereocenters. The molecule has 0 aliphatic heterocycles. The van der Waals surface area contributed by atoms with Crippen LogP contribution in [0.5, 0.6) is 0 Å². The summed E-state index contributed by atoms with van der Waals surface area (Å²) in [5, 5.41) is 18.2. The topological polar surface area (TPSA) is 120 Å². The Kier molecular flexibility index (Phi) is 6.50. The summed E-state index contributed by atoms with van der Waals surface area (Å²) in [6, 6.07) is 9.80. The highest BCUT2D eigenvalue weighted by Crippen LogP contribution is 2.23. The predicted molar refractivity (Wildman–Crippen MR) is 110 cm³/mol. The number of amides is 1. The number of nitrogens with two attached hydrogens (primary N) is 1. The number of carbonyl (C=O) groups excluding carboxylic acids is 1. The fraction of sp³-hybridized carbons (Fsp3) is 0.235. The van der Waals surface area contributed by atoms with Crippen LogP contribution in [0.3, 0.4) is 0 Å². The van der Waals surface area contributed by atoms with Crippen molar-refractivity contribution in [2.45, 2.75) is 35.2 Å². The number of primary sulfonamides is 1. The van der Waals surface area contributed by atoms with E-state index in [0.29, 0.717) is 10.8 Å². The zero-order valence-corrected chi connectivity index (χ0v) is 17.4. The SMILES string of the molecule is C[C@H](Sc1nncn1CCc1cccs1)C(=O)Nc1ccc(S(N)(=O)=O)cc1. The number of nitrogens with zero attached hydrogens (tertiary/aromatic N) is 3. The molecule has 148 valence electrons. The van der Waals surface area contributed by atoms with Gasteiger partial charge in [0.25, 0.3) is 0 Å². The molecule has 8 nitrogen and oxygen atoms in total. The largest absolute Gasteiger partial charge is 0.325 e. The summed E-state index contributed by atoms with van der Waals surface area (Å²) in [5.41, 5.74) is 0.490. The summed E-state index contributed by atoms with van der Waals surface area (Å²) in [6.07, 6.45) is 2.53. The molecular formula is C17H19N5O3S3. The highest BCUT2D eigenvalue weighted by molar-refractivity contribution is 8.00. The zero-order valence-electron chi connectivity index (χ0n) is 15.0. The number of thioether (sulfide) groups is 1. The van der Waals surface area contributed by atoms with Gasteiger partial charge in [-0.15, -0.1) is 21.5 Å². The summed E-state index contributed by atoms with van der Waals surface area (Å²) in [7, 11) is -3.76. The van der Waals surface area contributed by atoms with E-state index in [1.807, 2.05) is 16.0 Å². The lowest BCUT2D eigenvalue weighted by atomic mass is 10.3. The first kappa shape index (κ1) is 20.5. The average molecular weight is 438 g/mol. The Morgan fingerprint density at radius 1 is 1.32 bits per heavy atom. The van der Waals surface area contributed by atoms with Crippen LogP contribution in [0.25, 0.3) is 0 Å². The third-order valence-corrected chi connectivity index (χ3v) is 6.82. The third kappa shape index (κ3) is 5.41. The van der Waals surface area contributed by atoms with Gasteiger partial charge in [0.2, 0.25) is 15.9 Å². The van der Waals surface area contributed by atoms with Gasteiger partial charge in [0.1, 0.15) is 6.33 Å². The molecule has 0 aliphatic rings. The summed E-state index contributed by atoms with van der Waals surface area (Å²) in [4.78, 5) is 13.7. The average Bonchev–Trinajstić information content (AvgIpc) is 3.31. The first-order chi connectivity index (χ1) is 13.3. The normalized spacial score (nSPS) is 12.6. The minimum Gasteiger partial charge on any atom is -0.325 e. The van der Waals surface area contributed by atoms with Crippen molar-refractivity contribution in [1.29, 1.82) is 0 Å². The van der Waals surface area contributed by atoms with Crippen molar-refractivity contribution >= 4 is 44.7 Å². The van der Waals surface area contributed by atoms with E-state index >= 15 is 0 Å². The number of benzene rings is 1. The lowest BCUT2D eigenvalue weighted by molar-refractivity contribution is -0.115. The Balaban J connectivity index is 1.58. The first-order valence-corrected chi connectivity index (χ1v) is 11.6. The van der Waals surface area contributed by atoms with Crippen LogP contribution in [0.15, 0.2) is 58.2 Å². The summed E-state index contributed by atoms with van der Waals surface area (Å²) >= 11 is 3.02. The van der Waals surface area contributed by atoms with Crippen molar-refractivity contribution in [1.82, 2.24) is 14.8 Å². The van der Waals surface area contributed by atoms with Gasteiger partial charge in [-0.25, -0.2) is 13.6 Å². The zero-order chi connectivity index (χ0) is 20.1. The van der Waals surface area contributed by atoms with Gasteiger partial charge in [-0.3, -0.25) is 4.79 Å². The Labute approximate surface area is 171 Å². The first-order valence-electron chi connectivity index (χ1n) is 8.33. The fourth-order valence-electron chi connectivity index (χ4n) is 2.36. The lowest BCUT2D eigenvalue weighted by Crippen LogP contribution is -2.23. The van der Waals surface area contributed by atoms with E-state index in [1.165, 1.54) is 40.9 Å². The van der Waals surface area contributed by atoms with Crippen molar-refractivity contribution in [3.8, 4) is 0 Å². The Hall–Kier alpha value is -2.21. The summed E-state index contributed by atoms with van der Waals surface area (Å²) in [5.74, 6) is -0.221. The molecule has 0 radical (unpaired) electrons. The van der Waals surface area contributed by atoms with Crippen LogP contribution in [0.4, 0.5) is 5.69 Å². The lowest BCUT2D eigenvalue weighted by Gasteiger charge is -2.12. The van der Waals surface area contributed by atoms with Crippen LogP contribution >= 0.6 is 23.1 Å². The highest BCUT2D eigenvalue weighted by Gasteiger charge is 2.18. The molecule has 0 aliphatic carbocycles. The number of aromatic nitrogens is 3. The number of hydrogen-bond donors (Lipinski definition) is 2. The molecule has 2 aromatic heterocycles. The molecule has 2 heterocycles. The highest BCUT2D eigenvalue weighted by atomic mass is 32.2. The molecule has 11 heteroatoms. The maximum absolute atomic E-state index is 12.4. The third-order valence-electron chi connectivity index (χ3n) is 3.86. The molecule has 3 rings (SSSR count). The number of thiophene rings is 1. The van der Waals surface area contributed by atoms with Crippen LogP contribution in [0.2, 0.25) is 0 Å². The number of carbonyl (C=O) groups is 1. The van der Waals surface area contributed by atoms with E-state index in [1.54, 1.807) is 24.6 Å². The van der Waals surface area contributed by atoms with Crippen LogP contribution in [-0.2, 0) is 27.8 Å². The van der Waals surface area contributed by atoms with Gasteiger partial charge in [0, 0.05) is 17.1 Å². The van der Waals surface area contributed by atoms with Crippen molar-refractivity contribution in [3.05, 3.63) is 53.0 Å². The van der Waals surface area contributed by atoms with Gasteiger partial charge >= 0.3 is 0 Å². The van der Waals surface area contributed by atoms with E-state index in [0.717, 1.165) is 13.0 Å². The molecule has 0 saturated carbocycles. The van der Waals surface area contributed by atoms with E-state index in [4.69, 9.17) is 5.14 Å². The second-order valence-electron chi connectivity index (χ2n) is 5.95. The van der Waals surface area contributed by atoms with E-state index in [-0.39, 0.29) is 10.8 Å². The summed E-state index contributed by atoms with van der Waals surface area (Å²) in [6.45, 7) is 2.51. The molecule has 0 fully saturated rings. The molecule has 0 spiro atoms. The molecule has 3 aromatic rings. The number of rotatable bonds is 8. The Bertz CT molecular complexity index is 1030. The fourth-order valence-corrected chi connectivity index (χ4v) is 4.42. The van der Waals surface area contributed by atoms with Crippen molar-refractivity contribution in [2.75, 3.05) is 5.32 Å². The van der Waals surface area contributed by atoms with E-state index in [9.17, 15) is 13.2 Å². The summed E-state index contributed by atoms with van der Waals surface area (Å²) < 4.78 is 24.5. The number of nitrogens with one attached hydrogen (secondary N) is 1. The standard InChI is InChI=1S/C17H19N5O3S3/c1-12(16(23)20-13-4-6-15(7-5-13)28(18,24)25)27-17-21-19-11-22(17)9-8-14-3-2-10-26-14/h2-7,10-12H,8-9H2,1H3,(H,20,23)(H2,18,24,25)/t12-/m0/s1. The second kappa shape index (κ2) is 8.86. The smallest absolute Gasteiger partial charge is 0.238 e. The maximum Gasteiger partial charge on any atom is 0.238 e. The monoisotopic (exact) mass is 437 g/mol. The molecule has 1 aromatic carbocycles. The van der Waals surface area contributed by atoms with Crippen molar-refractivity contribution in [2.24, 2.45) is 5.14 Å². The minimum atomic E-state index is -3.76. The van der Waals surface area contributed by atoms with Gasteiger partial charge in [-0.2, -0.15) is 0 Å². The quantitative estimate of drug-likeness (QED) is 0.522. The number of hydrogen-bond acceptors (Lipinski definition) is 7.